The van der Waals surface area contributed by atoms with E-state index in [0.717, 1.165) is 30.4 Å². The summed E-state index contributed by atoms with van der Waals surface area (Å²) in [4.78, 5) is 11.6. The highest BCUT2D eigenvalue weighted by molar-refractivity contribution is 5.76. The molecule has 3 nitrogen and oxygen atoms in total. The number of carbonyl (C=O) groups is 1. The minimum atomic E-state index is -0.736. The van der Waals surface area contributed by atoms with Crippen molar-refractivity contribution in [3.63, 3.8) is 0 Å². The summed E-state index contributed by atoms with van der Waals surface area (Å²) in [6, 6.07) is 7.49. The van der Waals surface area contributed by atoms with Crippen LogP contribution in [0.25, 0.3) is 0 Å². The summed E-state index contributed by atoms with van der Waals surface area (Å²) in [5.41, 5.74) is 1.72. The molecule has 1 aliphatic rings. The number of hydrogen-bond acceptors (Lipinski definition) is 2. The Hall–Kier alpha value is -1.79. The second-order valence-electron chi connectivity index (χ2n) is 6.25. The van der Waals surface area contributed by atoms with Gasteiger partial charge in [0.15, 0.2) is 0 Å². The molecular weight excluding hydrogens is 276 g/mol. The summed E-state index contributed by atoms with van der Waals surface area (Å²) in [5, 5.41) is 18.7. The Morgan fingerprint density at radius 1 is 1.27 bits per heavy atom. The van der Waals surface area contributed by atoms with E-state index in [1.54, 1.807) is 6.92 Å². The molecule has 0 spiro atoms. The third-order valence-corrected chi connectivity index (χ3v) is 4.29. The molecule has 0 radical (unpaired) electrons. The van der Waals surface area contributed by atoms with Crippen molar-refractivity contribution in [3.05, 3.63) is 35.4 Å². The smallest absolute Gasteiger partial charge is 0.310 e. The van der Waals surface area contributed by atoms with E-state index >= 15 is 0 Å². The van der Waals surface area contributed by atoms with Crippen molar-refractivity contribution < 1.29 is 15.0 Å². The molecule has 2 unspecified atom stereocenters. The summed E-state index contributed by atoms with van der Waals surface area (Å²) in [6.07, 6.45) is 5.54. The molecule has 2 N–H and O–H groups in total. The van der Waals surface area contributed by atoms with Crippen molar-refractivity contribution in [3.8, 4) is 11.8 Å². The van der Waals surface area contributed by atoms with Crippen molar-refractivity contribution >= 4 is 5.97 Å². The largest absolute Gasteiger partial charge is 0.481 e. The monoisotopic (exact) mass is 300 g/mol. The van der Waals surface area contributed by atoms with Gasteiger partial charge in [-0.25, -0.2) is 0 Å². The third-order valence-electron chi connectivity index (χ3n) is 4.29. The zero-order chi connectivity index (χ0) is 15.9. The fourth-order valence-electron chi connectivity index (χ4n) is 3.06. The highest BCUT2D eigenvalue weighted by atomic mass is 16.4. The highest BCUT2D eigenvalue weighted by Crippen LogP contribution is 2.34. The molecule has 22 heavy (non-hydrogen) atoms. The Bertz CT molecular complexity index is 542. The van der Waals surface area contributed by atoms with Crippen molar-refractivity contribution in [1.82, 2.24) is 0 Å². The van der Waals surface area contributed by atoms with Gasteiger partial charge in [-0.2, -0.15) is 0 Å². The van der Waals surface area contributed by atoms with Crippen LogP contribution in [0.15, 0.2) is 24.3 Å². The van der Waals surface area contributed by atoms with Gasteiger partial charge in [-0.3, -0.25) is 4.79 Å². The third kappa shape index (κ3) is 4.89. The Labute approximate surface area is 132 Å². The van der Waals surface area contributed by atoms with E-state index in [-0.39, 0.29) is 0 Å². The molecule has 0 aromatic heterocycles. The number of aliphatic hydroxyl groups is 1. The maximum absolute atomic E-state index is 11.6. The molecule has 0 saturated heterocycles. The first-order valence-electron chi connectivity index (χ1n) is 8.06. The molecule has 1 aromatic carbocycles. The van der Waals surface area contributed by atoms with Gasteiger partial charge in [-0.1, -0.05) is 49.7 Å². The average Bonchev–Trinajstić information content (AvgIpc) is 2.98. The lowest BCUT2D eigenvalue weighted by atomic mass is 9.87. The lowest BCUT2D eigenvalue weighted by molar-refractivity contribution is -0.139. The van der Waals surface area contributed by atoms with Crippen LogP contribution in [0.4, 0.5) is 0 Å². The van der Waals surface area contributed by atoms with Crippen LogP contribution < -0.4 is 0 Å². The molecule has 118 valence electrons. The van der Waals surface area contributed by atoms with Crippen LogP contribution in [-0.4, -0.2) is 22.3 Å². The van der Waals surface area contributed by atoms with Crippen molar-refractivity contribution in [2.24, 2.45) is 5.92 Å². The van der Waals surface area contributed by atoms with Crippen LogP contribution >= 0.6 is 0 Å². The van der Waals surface area contributed by atoms with Crippen LogP contribution in [0.1, 0.15) is 62.5 Å². The zero-order valence-electron chi connectivity index (χ0n) is 13.1. The number of hydrogen-bond donors (Lipinski definition) is 2. The zero-order valence-corrected chi connectivity index (χ0v) is 13.1. The fraction of sp³-hybridized carbons (Fsp3) is 0.526. The first-order chi connectivity index (χ1) is 10.6. The standard InChI is InChI=1S/C19H24O3/c1-14(20)5-4-8-15-9-11-17(12-10-15)18(19(21)22)13-16-6-2-3-7-16/h9-12,14,16,18,20H,2-3,5-7,13H2,1H3,(H,21,22). The molecule has 1 aromatic rings. The van der Waals surface area contributed by atoms with Gasteiger partial charge in [-0.15, -0.1) is 0 Å². The van der Waals surface area contributed by atoms with Crippen LogP contribution in [0.3, 0.4) is 0 Å². The average molecular weight is 300 g/mol. The minimum Gasteiger partial charge on any atom is -0.481 e. The van der Waals surface area contributed by atoms with Crippen LogP contribution in [0.5, 0.6) is 0 Å². The Kier molecular flexibility index (Phi) is 6.03. The van der Waals surface area contributed by atoms with E-state index in [2.05, 4.69) is 11.8 Å². The van der Waals surface area contributed by atoms with Crippen molar-refractivity contribution in [2.75, 3.05) is 0 Å². The predicted molar refractivity (Wildman–Crippen MR) is 86.6 cm³/mol. The number of aliphatic hydroxyl groups excluding tert-OH is 1. The Balaban J connectivity index is 2.04. The molecule has 1 fully saturated rings. The summed E-state index contributed by atoms with van der Waals surface area (Å²) >= 11 is 0. The topological polar surface area (TPSA) is 57.5 Å². The number of carboxylic acid groups (broad SMARTS) is 1. The second-order valence-corrected chi connectivity index (χ2v) is 6.25. The van der Waals surface area contributed by atoms with E-state index in [4.69, 9.17) is 0 Å². The summed E-state index contributed by atoms with van der Waals surface area (Å²) in [6.45, 7) is 1.71. The molecular formula is C19H24O3. The van der Waals surface area contributed by atoms with Gasteiger partial charge in [-0.05, 0) is 37.0 Å². The van der Waals surface area contributed by atoms with Gasteiger partial charge in [0.05, 0.1) is 12.0 Å². The summed E-state index contributed by atoms with van der Waals surface area (Å²) in [5.74, 6) is 5.30. The molecule has 2 rings (SSSR count). The summed E-state index contributed by atoms with van der Waals surface area (Å²) in [7, 11) is 0. The maximum Gasteiger partial charge on any atom is 0.310 e. The van der Waals surface area contributed by atoms with Crippen molar-refractivity contribution in [1.29, 1.82) is 0 Å². The van der Waals surface area contributed by atoms with Gasteiger partial charge in [0.2, 0.25) is 0 Å². The van der Waals surface area contributed by atoms with Gasteiger partial charge in [0, 0.05) is 12.0 Å². The predicted octanol–water partition coefficient (Wildman–Crippen LogP) is 3.56. The SMILES string of the molecule is CC(O)CC#Cc1ccc(C(CC2CCCC2)C(=O)O)cc1. The maximum atomic E-state index is 11.6. The van der Waals surface area contributed by atoms with E-state index in [1.165, 1.54) is 12.8 Å². The number of rotatable bonds is 5. The first-order valence-corrected chi connectivity index (χ1v) is 8.06. The van der Waals surface area contributed by atoms with E-state index in [1.807, 2.05) is 24.3 Å². The molecule has 0 amide bonds. The fourth-order valence-corrected chi connectivity index (χ4v) is 3.06. The number of carboxylic acids is 1. The van der Waals surface area contributed by atoms with Gasteiger partial charge in [0.25, 0.3) is 0 Å². The van der Waals surface area contributed by atoms with E-state index in [0.29, 0.717) is 12.3 Å². The van der Waals surface area contributed by atoms with Crippen LogP contribution in [0, 0.1) is 17.8 Å². The molecule has 2 atom stereocenters. The normalized spacial score (nSPS) is 17.5. The van der Waals surface area contributed by atoms with Crippen LogP contribution in [-0.2, 0) is 4.79 Å². The van der Waals surface area contributed by atoms with Gasteiger partial charge >= 0.3 is 5.97 Å². The van der Waals surface area contributed by atoms with E-state index < -0.39 is 18.0 Å². The number of benzene rings is 1. The number of aliphatic carboxylic acids is 1. The lowest BCUT2D eigenvalue weighted by Gasteiger charge is -2.17. The Morgan fingerprint density at radius 3 is 2.45 bits per heavy atom. The quantitative estimate of drug-likeness (QED) is 0.818. The molecule has 1 aliphatic carbocycles. The molecule has 0 bridgehead atoms. The second kappa shape index (κ2) is 8.00. The molecule has 3 heteroatoms. The van der Waals surface area contributed by atoms with Crippen molar-refractivity contribution in [2.45, 2.75) is 57.5 Å². The summed E-state index contributed by atoms with van der Waals surface area (Å²) < 4.78 is 0. The first kappa shape index (κ1) is 16.6. The van der Waals surface area contributed by atoms with E-state index in [9.17, 15) is 15.0 Å². The molecule has 1 saturated carbocycles. The van der Waals surface area contributed by atoms with Gasteiger partial charge in [0.1, 0.15) is 0 Å². The Morgan fingerprint density at radius 2 is 1.91 bits per heavy atom. The molecule has 0 aliphatic heterocycles. The molecule has 0 heterocycles. The van der Waals surface area contributed by atoms with Gasteiger partial charge < -0.3 is 10.2 Å². The lowest BCUT2D eigenvalue weighted by Crippen LogP contribution is -2.15. The van der Waals surface area contributed by atoms with Crippen LogP contribution in [0.2, 0.25) is 0 Å². The minimum absolute atomic E-state index is 0.414. The highest BCUT2D eigenvalue weighted by Gasteiger charge is 2.26.